The van der Waals surface area contributed by atoms with Gasteiger partial charge in [0.15, 0.2) is 0 Å². The van der Waals surface area contributed by atoms with Crippen LogP contribution in [0.5, 0.6) is 0 Å². The number of alkyl carbamates (subject to hydrolysis) is 1. The van der Waals surface area contributed by atoms with Crippen LogP contribution in [-0.2, 0) is 4.74 Å². The van der Waals surface area contributed by atoms with E-state index >= 15 is 0 Å². The maximum atomic E-state index is 11.5. The minimum Gasteiger partial charge on any atom is -0.450 e. The zero-order valence-corrected chi connectivity index (χ0v) is 16.8. The van der Waals surface area contributed by atoms with Gasteiger partial charge in [0.1, 0.15) is 0 Å². The van der Waals surface area contributed by atoms with Crippen molar-refractivity contribution in [3.8, 4) is 0 Å². The molecular formula is C20H43N3O2. The van der Waals surface area contributed by atoms with Crippen molar-refractivity contribution in [1.82, 2.24) is 5.32 Å². The first-order valence-corrected chi connectivity index (χ1v) is 10.4. The highest BCUT2D eigenvalue weighted by Gasteiger charge is 2.27. The normalized spacial score (nSPS) is 13.4. The predicted molar refractivity (Wildman–Crippen MR) is 107 cm³/mol. The molecule has 0 aromatic heterocycles. The van der Waals surface area contributed by atoms with Gasteiger partial charge >= 0.3 is 6.09 Å². The summed E-state index contributed by atoms with van der Waals surface area (Å²) in [6, 6.07) is 0. The maximum absolute atomic E-state index is 11.5. The number of ether oxygens (including phenoxy) is 1. The van der Waals surface area contributed by atoms with Crippen LogP contribution in [0.4, 0.5) is 4.79 Å². The standard InChI is InChI=1S/C20H43N3O2/c1-3-5-11-20(14-16-22,13-10-15-21)12-8-7-9-18-25-19(24)23-17-6-4-2/h3-18,21-22H2,1-2H3,(H,23,24). The van der Waals surface area contributed by atoms with E-state index < -0.39 is 0 Å². The van der Waals surface area contributed by atoms with Crippen LogP contribution >= 0.6 is 0 Å². The van der Waals surface area contributed by atoms with Crippen LogP contribution in [0.2, 0.25) is 0 Å². The number of hydrogen-bond donors (Lipinski definition) is 3. The van der Waals surface area contributed by atoms with Gasteiger partial charge in [-0.15, -0.1) is 0 Å². The second-order valence-electron chi connectivity index (χ2n) is 7.26. The van der Waals surface area contributed by atoms with Crippen molar-refractivity contribution in [3.05, 3.63) is 0 Å². The Morgan fingerprint density at radius 1 is 0.840 bits per heavy atom. The summed E-state index contributed by atoms with van der Waals surface area (Å²) in [5.74, 6) is 0. The van der Waals surface area contributed by atoms with Crippen molar-refractivity contribution >= 4 is 6.09 Å². The molecular weight excluding hydrogens is 314 g/mol. The Hall–Kier alpha value is -0.810. The molecule has 0 aliphatic carbocycles. The molecule has 1 amide bonds. The third kappa shape index (κ3) is 13.1. The first-order valence-electron chi connectivity index (χ1n) is 10.4. The van der Waals surface area contributed by atoms with Gasteiger partial charge in [0, 0.05) is 6.54 Å². The van der Waals surface area contributed by atoms with Gasteiger partial charge in [0.05, 0.1) is 6.61 Å². The summed E-state index contributed by atoms with van der Waals surface area (Å²) in [5.41, 5.74) is 12.0. The van der Waals surface area contributed by atoms with Crippen LogP contribution in [0.1, 0.15) is 90.9 Å². The second kappa shape index (κ2) is 16.6. The molecule has 0 aromatic carbocycles. The third-order valence-electron chi connectivity index (χ3n) is 5.03. The molecule has 0 radical (unpaired) electrons. The van der Waals surface area contributed by atoms with Crippen molar-refractivity contribution in [2.75, 3.05) is 26.2 Å². The summed E-state index contributed by atoms with van der Waals surface area (Å²) in [4.78, 5) is 11.5. The zero-order chi connectivity index (χ0) is 18.8. The van der Waals surface area contributed by atoms with Crippen LogP contribution in [0.25, 0.3) is 0 Å². The lowest BCUT2D eigenvalue weighted by Crippen LogP contribution is -2.26. The number of amides is 1. The van der Waals surface area contributed by atoms with Gasteiger partial charge in [-0.25, -0.2) is 4.79 Å². The van der Waals surface area contributed by atoms with Crippen molar-refractivity contribution in [3.63, 3.8) is 0 Å². The maximum Gasteiger partial charge on any atom is 0.407 e. The second-order valence-corrected chi connectivity index (χ2v) is 7.26. The molecule has 5 heteroatoms. The third-order valence-corrected chi connectivity index (χ3v) is 5.03. The first kappa shape index (κ1) is 24.2. The van der Waals surface area contributed by atoms with Gasteiger partial charge in [0.25, 0.3) is 0 Å². The summed E-state index contributed by atoms with van der Waals surface area (Å²) in [7, 11) is 0. The van der Waals surface area contributed by atoms with Gasteiger partial charge in [-0.1, -0.05) is 46.0 Å². The molecule has 0 aliphatic heterocycles. The average Bonchev–Trinajstić information content (AvgIpc) is 2.61. The van der Waals surface area contributed by atoms with Crippen LogP contribution < -0.4 is 16.8 Å². The lowest BCUT2D eigenvalue weighted by atomic mass is 9.72. The Labute approximate surface area is 155 Å². The van der Waals surface area contributed by atoms with Crippen LogP contribution in [0, 0.1) is 5.41 Å². The molecule has 1 unspecified atom stereocenters. The first-order chi connectivity index (χ1) is 12.1. The Bertz CT molecular complexity index is 303. The highest BCUT2D eigenvalue weighted by Crippen LogP contribution is 2.39. The Kier molecular flexibility index (Phi) is 16.1. The van der Waals surface area contributed by atoms with E-state index in [2.05, 4.69) is 19.2 Å². The molecule has 0 spiro atoms. The van der Waals surface area contributed by atoms with Gasteiger partial charge in [-0.2, -0.15) is 0 Å². The molecule has 0 saturated carbocycles. The Balaban J connectivity index is 4.04. The highest BCUT2D eigenvalue weighted by atomic mass is 16.5. The van der Waals surface area contributed by atoms with E-state index in [1.54, 1.807) is 0 Å². The van der Waals surface area contributed by atoms with E-state index in [0.29, 0.717) is 18.6 Å². The SMILES string of the molecule is CCCCNC(=O)OCCCCCC(CCN)(CCCC)CCCN. The fourth-order valence-corrected chi connectivity index (χ4v) is 3.45. The quantitative estimate of drug-likeness (QED) is 0.338. The molecule has 0 bridgehead atoms. The lowest BCUT2D eigenvalue weighted by molar-refractivity contribution is 0.141. The number of nitrogens with two attached hydrogens (primary N) is 2. The summed E-state index contributed by atoms with van der Waals surface area (Å²) < 4.78 is 5.21. The van der Waals surface area contributed by atoms with Crippen LogP contribution in [0.15, 0.2) is 0 Å². The summed E-state index contributed by atoms with van der Waals surface area (Å²) in [6.45, 7) is 7.09. The molecule has 150 valence electrons. The average molecular weight is 358 g/mol. The molecule has 5 N–H and O–H groups in total. The molecule has 0 fully saturated rings. The number of nitrogens with one attached hydrogen (secondary N) is 1. The molecule has 1 atom stereocenters. The van der Waals surface area contributed by atoms with E-state index in [0.717, 1.165) is 51.6 Å². The summed E-state index contributed by atoms with van der Waals surface area (Å²) in [6.07, 6.45) is 13.4. The fraction of sp³-hybridized carbons (Fsp3) is 0.950. The van der Waals surface area contributed by atoms with Crippen LogP contribution in [0.3, 0.4) is 0 Å². The summed E-state index contributed by atoms with van der Waals surface area (Å²) in [5, 5.41) is 2.77. The van der Waals surface area contributed by atoms with Crippen molar-refractivity contribution in [2.45, 2.75) is 90.9 Å². The lowest BCUT2D eigenvalue weighted by Gasteiger charge is -2.34. The molecule has 5 nitrogen and oxygen atoms in total. The number of rotatable bonds is 17. The van der Waals surface area contributed by atoms with Crippen molar-refractivity contribution in [2.24, 2.45) is 16.9 Å². The topological polar surface area (TPSA) is 90.4 Å². The van der Waals surface area contributed by atoms with Gasteiger partial charge in [0.2, 0.25) is 0 Å². The van der Waals surface area contributed by atoms with E-state index in [9.17, 15) is 4.79 Å². The van der Waals surface area contributed by atoms with E-state index in [1.165, 1.54) is 38.5 Å². The number of hydrogen-bond acceptors (Lipinski definition) is 4. The van der Waals surface area contributed by atoms with Crippen molar-refractivity contribution in [1.29, 1.82) is 0 Å². The number of carbonyl (C=O) groups is 1. The minimum atomic E-state index is -0.281. The predicted octanol–water partition coefficient (Wildman–Crippen LogP) is 4.34. The molecule has 0 aromatic rings. The fourth-order valence-electron chi connectivity index (χ4n) is 3.45. The molecule has 0 rings (SSSR count). The van der Waals surface area contributed by atoms with Gasteiger partial charge < -0.3 is 21.5 Å². The minimum absolute atomic E-state index is 0.281. The molecule has 25 heavy (non-hydrogen) atoms. The number of unbranched alkanes of at least 4 members (excludes halogenated alkanes) is 4. The van der Waals surface area contributed by atoms with E-state index in [-0.39, 0.29) is 6.09 Å². The smallest absolute Gasteiger partial charge is 0.407 e. The zero-order valence-electron chi connectivity index (χ0n) is 16.8. The van der Waals surface area contributed by atoms with Gasteiger partial charge in [-0.3, -0.25) is 0 Å². The molecule has 0 heterocycles. The Morgan fingerprint density at radius 2 is 1.52 bits per heavy atom. The Morgan fingerprint density at radius 3 is 2.16 bits per heavy atom. The van der Waals surface area contributed by atoms with Crippen LogP contribution in [-0.4, -0.2) is 32.3 Å². The van der Waals surface area contributed by atoms with Crippen molar-refractivity contribution < 1.29 is 9.53 Å². The highest BCUT2D eigenvalue weighted by molar-refractivity contribution is 5.66. The molecule has 0 saturated heterocycles. The van der Waals surface area contributed by atoms with E-state index in [4.69, 9.17) is 16.2 Å². The molecule has 0 aliphatic rings. The summed E-state index contributed by atoms with van der Waals surface area (Å²) >= 11 is 0. The largest absolute Gasteiger partial charge is 0.450 e. The van der Waals surface area contributed by atoms with E-state index in [1.807, 2.05) is 0 Å². The van der Waals surface area contributed by atoms with Gasteiger partial charge in [-0.05, 0) is 63.5 Å². The monoisotopic (exact) mass is 357 g/mol. The number of carbonyl (C=O) groups excluding carboxylic acids is 1.